The molecule has 1 aliphatic rings. The van der Waals surface area contributed by atoms with E-state index in [9.17, 15) is 18.0 Å². The molecule has 128 valence electrons. The summed E-state index contributed by atoms with van der Waals surface area (Å²) in [6.07, 6.45) is -1.77. The average molecular weight is 331 g/mol. The standard InChI is InChI=1S/C15H20F3N3O2/c1-10-9-11(4-6-19-10)13(22)20-7-8-23-14-12(15(16,17)18)3-2-5-21-14/h2-3,5,10-11,19H,4,6-9H2,1H3,(H,20,22)/t10-,11-/m0/s1. The highest BCUT2D eigenvalue weighted by molar-refractivity contribution is 5.78. The third-order valence-electron chi connectivity index (χ3n) is 3.71. The second-order valence-electron chi connectivity index (χ2n) is 5.57. The van der Waals surface area contributed by atoms with Crippen LogP contribution in [0.4, 0.5) is 13.2 Å². The number of halogens is 3. The third-order valence-corrected chi connectivity index (χ3v) is 3.71. The minimum Gasteiger partial charge on any atom is -0.475 e. The lowest BCUT2D eigenvalue weighted by atomic mass is 9.92. The van der Waals surface area contributed by atoms with E-state index in [-0.39, 0.29) is 25.0 Å². The summed E-state index contributed by atoms with van der Waals surface area (Å²) >= 11 is 0. The normalized spacial score (nSPS) is 21.7. The number of hydrogen-bond acceptors (Lipinski definition) is 4. The van der Waals surface area contributed by atoms with Crippen molar-refractivity contribution in [2.75, 3.05) is 19.7 Å². The first kappa shape index (κ1) is 17.5. The number of nitrogens with one attached hydrogen (secondary N) is 2. The van der Waals surface area contributed by atoms with E-state index in [0.29, 0.717) is 6.04 Å². The van der Waals surface area contributed by atoms with Crippen molar-refractivity contribution in [2.45, 2.75) is 32.0 Å². The minimum absolute atomic E-state index is 0.0631. The zero-order chi connectivity index (χ0) is 16.9. The fourth-order valence-corrected chi connectivity index (χ4v) is 2.56. The van der Waals surface area contributed by atoms with Crippen LogP contribution in [0.3, 0.4) is 0 Å². The Morgan fingerprint density at radius 2 is 2.30 bits per heavy atom. The van der Waals surface area contributed by atoms with Crippen molar-refractivity contribution in [1.82, 2.24) is 15.6 Å². The highest BCUT2D eigenvalue weighted by atomic mass is 19.4. The van der Waals surface area contributed by atoms with Crippen molar-refractivity contribution in [2.24, 2.45) is 5.92 Å². The van der Waals surface area contributed by atoms with E-state index in [1.165, 1.54) is 12.3 Å². The summed E-state index contributed by atoms with van der Waals surface area (Å²) in [6.45, 7) is 2.89. The van der Waals surface area contributed by atoms with Gasteiger partial charge in [0.2, 0.25) is 11.8 Å². The average Bonchev–Trinajstić information content (AvgIpc) is 2.51. The Hall–Kier alpha value is -1.83. The first-order valence-corrected chi connectivity index (χ1v) is 7.54. The van der Waals surface area contributed by atoms with Gasteiger partial charge in [-0.05, 0) is 38.4 Å². The van der Waals surface area contributed by atoms with Crippen molar-refractivity contribution in [3.63, 3.8) is 0 Å². The summed E-state index contributed by atoms with van der Waals surface area (Å²) in [5.74, 6) is -0.615. The van der Waals surface area contributed by atoms with E-state index >= 15 is 0 Å². The molecule has 2 atom stereocenters. The summed E-state index contributed by atoms with van der Waals surface area (Å²) in [5.41, 5.74) is -0.918. The van der Waals surface area contributed by atoms with E-state index in [1.807, 2.05) is 6.92 Å². The first-order chi connectivity index (χ1) is 10.9. The molecule has 0 bridgehead atoms. The Labute approximate surface area is 132 Å². The summed E-state index contributed by atoms with van der Waals surface area (Å²) < 4.78 is 43.4. The van der Waals surface area contributed by atoms with Crippen LogP contribution < -0.4 is 15.4 Å². The lowest BCUT2D eigenvalue weighted by Gasteiger charge is -2.27. The highest BCUT2D eigenvalue weighted by Crippen LogP contribution is 2.34. The Morgan fingerprint density at radius 3 is 3.00 bits per heavy atom. The Kier molecular flexibility index (Phi) is 5.81. The lowest BCUT2D eigenvalue weighted by Crippen LogP contribution is -2.43. The van der Waals surface area contributed by atoms with Gasteiger partial charge in [0.15, 0.2) is 0 Å². The summed E-state index contributed by atoms with van der Waals surface area (Å²) in [6, 6.07) is 2.41. The fourth-order valence-electron chi connectivity index (χ4n) is 2.56. The number of piperidine rings is 1. The molecule has 0 aromatic carbocycles. The first-order valence-electron chi connectivity index (χ1n) is 7.54. The van der Waals surface area contributed by atoms with Crippen LogP contribution in [-0.2, 0) is 11.0 Å². The third kappa shape index (κ3) is 5.09. The summed E-state index contributed by atoms with van der Waals surface area (Å²) in [5, 5.41) is 5.96. The molecule has 5 nitrogen and oxygen atoms in total. The molecule has 0 spiro atoms. The van der Waals surface area contributed by atoms with Crippen LogP contribution in [0, 0.1) is 5.92 Å². The van der Waals surface area contributed by atoms with Crippen LogP contribution in [0.25, 0.3) is 0 Å². The molecule has 0 aliphatic carbocycles. The van der Waals surface area contributed by atoms with Gasteiger partial charge >= 0.3 is 6.18 Å². The maximum atomic E-state index is 12.8. The monoisotopic (exact) mass is 331 g/mol. The molecule has 1 saturated heterocycles. The van der Waals surface area contributed by atoms with E-state index in [2.05, 4.69) is 15.6 Å². The van der Waals surface area contributed by atoms with Gasteiger partial charge in [0.25, 0.3) is 0 Å². The number of ether oxygens (including phenoxy) is 1. The second-order valence-corrected chi connectivity index (χ2v) is 5.57. The molecular weight excluding hydrogens is 311 g/mol. The van der Waals surface area contributed by atoms with Crippen molar-refractivity contribution in [3.8, 4) is 5.88 Å². The number of carbonyl (C=O) groups is 1. The van der Waals surface area contributed by atoms with Crippen LogP contribution in [0.1, 0.15) is 25.3 Å². The van der Waals surface area contributed by atoms with E-state index in [0.717, 1.165) is 25.5 Å². The topological polar surface area (TPSA) is 63.2 Å². The second kappa shape index (κ2) is 7.63. The Balaban J connectivity index is 1.79. The van der Waals surface area contributed by atoms with Gasteiger partial charge in [0, 0.05) is 18.2 Å². The quantitative estimate of drug-likeness (QED) is 0.810. The number of aromatic nitrogens is 1. The predicted octanol–water partition coefficient (Wildman–Crippen LogP) is 1.98. The summed E-state index contributed by atoms with van der Waals surface area (Å²) in [4.78, 5) is 15.6. The van der Waals surface area contributed by atoms with E-state index < -0.39 is 17.6 Å². The molecule has 8 heteroatoms. The van der Waals surface area contributed by atoms with Gasteiger partial charge in [-0.2, -0.15) is 13.2 Å². The number of alkyl halides is 3. The molecule has 1 fully saturated rings. The van der Waals surface area contributed by atoms with Crippen molar-refractivity contribution in [1.29, 1.82) is 0 Å². The van der Waals surface area contributed by atoms with Gasteiger partial charge in [-0.15, -0.1) is 0 Å². The number of rotatable bonds is 5. The predicted molar refractivity (Wildman–Crippen MR) is 77.9 cm³/mol. The molecule has 0 saturated carbocycles. The largest absolute Gasteiger partial charge is 0.475 e. The number of nitrogens with zero attached hydrogens (tertiary/aromatic N) is 1. The molecule has 1 aromatic rings. The molecule has 2 N–H and O–H groups in total. The van der Waals surface area contributed by atoms with Gasteiger partial charge in [-0.1, -0.05) is 0 Å². The van der Waals surface area contributed by atoms with Crippen LogP contribution in [0.15, 0.2) is 18.3 Å². The molecule has 0 unspecified atom stereocenters. The number of carbonyl (C=O) groups excluding carboxylic acids is 1. The van der Waals surface area contributed by atoms with Crippen molar-refractivity contribution >= 4 is 5.91 Å². The molecule has 1 aromatic heterocycles. The lowest BCUT2D eigenvalue weighted by molar-refractivity contribution is -0.139. The van der Waals surface area contributed by atoms with Crippen molar-refractivity contribution in [3.05, 3.63) is 23.9 Å². The highest BCUT2D eigenvalue weighted by Gasteiger charge is 2.35. The van der Waals surface area contributed by atoms with Gasteiger partial charge in [0.05, 0.1) is 6.54 Å². The van der Waals surface area contributed by atoms with Crippen molar-refractivity contribution < 1.29 is 22.7 Å². The van der Waals surface area contributed by atoms with Crippen LogP contribution in [0.5, 0.6) is 5.88 Å². The zero-order valence-corrected chi connectivity index (χ0v) is 12.8. The van der Waals surface area contributed by atoms with Crippen LogP contribution in [0.2, 0.25) is 0 Å². The SMILES string of the molecule is C[C@H]1C[C@@H](C(=O)NCCOc2ncccc2C(F)(F)F)CCN1. The van der Waals surface area contributed by atoms with Crippen LogP contribution in [-0.4, -0.2) is 36.6 Å². The molecule has 23 heavy (non-hydrogen) atoms. The maximum absolute atomic E-state index is 12.8. The fraction of sp³-hybridized carbons (Fsp3) is 0.600. The minimum atomic E-state index is -4.52. The molecule has 1 amide bonds. The number of hydrogen-bond donors (Lipinski definition) is 2. The van der Waals surface area contributed by atoms with Crippen LogP contribution >= 0.6 is 0 Å². The molecule has 2 heterocycles. The van der Waals surface area contributed by atoms with Gasteiger partial charge < -0.3 is 15.4 Å². The van der Waals surface area contributed by atoms with E-state index in [1.54, 1.807) is 0 Å². The smallest absolute Gasteiger partial charge is 0.421 e. The zero-order valence-electron chi connectivity index (χ0n) is 12.8. The molecule has 2 rings (SSSR count). The maximum Gasteiger partial charge on any atom is 0.421 e. The molecule has 1 aliphatic heterocycles. The molecule has 0 radical (unpaired) electrons. The Morgan fingerprint density at radius 1 is 1.52 bits per heavy atom. The Bertz CT molecular complexity index is 537. The van der Waals surface area contributed by atoms with Gasteiger partial charge in [0.1, 0.15) is 12.2 Å². The number of pyridine rings is 1. The van der Waals surface area contributed by atoms with E-state index in [4.69, 9.17) is 4.74 Å². The molecular formula is C15H20F3N3O2. The van der Waals surface area contributed by atoms with Gasteiger partial charge in [-0.25, -0.2) is 4.98 Å². The summed E-state index contributed by atoms with van der Waals surface area (Å²) in [7, 11) is 0. The van der Waals surface area contributed by atoms with Gasteiger partial charge in [-0.3, -0.25) is 4.79 Å². The number of amides is 1.